The van der Waals surface area contributed by atoms with Gasteiger partial charge in [-0.15, -0.1) is 5.10 Å². The Hall–Kier alpha value is -1.50. The van der Waals surface area contributed by atoms with Crippen LogP contribution in [0.15, 0.2) is 18.2 Å². The van der Waals surface area contributed by atoms with E-state index in [0.717, 1.165) is 23.4 Å². The molecular formula is C12H10ClN3O2S. The Balaban J connectivity index is 1.77. The van der Waals surface area contributed by atoms with Crippen molar-refractivity contribution in [2.45, 2.75) is 19.6 Å². The summed E-state index contributed by atoms with van der Waals surface area (Å²) in [4.78, 5) is 13.1. The molecule has 1 aromatic carbocycles. The minimum Gasteiger partial charge on any atom is -0.478 e. The molecular weight excluding hydrogens is 286 g/mol. The number of carboxylic acid groups (broad SMARTS) is 1. The van der Waals surface area contributed by atoms with Gasteiger partial charge in [0, 0.05) is 31.2 Å². The van der Waals surface area contributed by atoms with Crippen molar-refractivity contribution in [2.24, 2.45) is 0 Å². The van der Waals surface area contributed by atoms with Gasteiger partial charge in [-0.25, -0.2) is 4.79 Å². The van der Waals surface area contributed by atoms with Crippen molar-refractivity contribution < 1.29 is 9.90 Å². The zero-order valence-electron chi connectivity index (χ0n) is 9.84. The second-order valence-corrected chi connectivity index (χ2v) is 5.78. The molecule has 0 saturated heterocycles. The normalized spacial score (nSPS) is 14.6. The summed E-state index contributed by atoms with van der Waals surface area (Å²) in [6.45, 7) is 2.12. The summed E-state index contributed by atoms with van der Waals surface area (Å²) >= 11 is 7.16. The van der Waals surface area contributed by atoms with Crippen molar-refractivity contribution in [3.8, 4) is 0 Å². The molecule has 2 heterocycles. The maximum atomic E-state index is 10.9. The van der Waals surface area contributed by atoms with Gasteiger partial charge >= 0.3 is 5.97 Å². The molecule has 0 aliphatic carbocycles. The molecule has 0 atom stereocenters. The van der Waals surface area contributed by atoms with Crippen molar-refractivity contribution in [2.75, 3.05) is 0 Å². The number of aromatic nitrogens is 2. The average molecular weight is 296 g/mol. The lowest BCUT2D eigenvalue weighted by Gasteiger charge is -2.12. The highest BCUT2D eigenvalue weighted by Crippen LogP contribution is 2.27. The number of carboxylic acids is 1. The molecule has 2 aromatic rings. The van der Waals surface area contributed by atoms with Gasteiger partial charge in [0.05, 0.1) is 5.56 Å². The number of benzene rings is 1. The lowest BCUT2D eigenvalue weighted by atomic mass is 10.1. The first kappa shape index (κ1) is 12.5. The molecule has 3 rings (SSSR count). The van der Waals surface area contributed by atoms with Crippen molar-refractivity contribution in [1.82, 2.24) is 14.5 Å². The van der Waals surface area contributed by atoms with Crippen LogP contribution in [0.25, 0.3) is 0 Å². The van der Waals surface area contributed by atoms with Crippen molar-refractivity contribution >= 4 is 29.1 Å². The molecule has 0 unspecified atom stereocenters. The van der Waals surface area contributed by atoms with Gasteiger partial charge in [-0.1, -0.05) is 22.2 Å². The molecule has 98 valence electrons. The Morgan fingerprint density at radius 2 is 2.21 bits per heavy atom. The standard InChI is InChI=1S/C12H10ClN3O2S/c13-11-10(14-15-19-11)6-16-4-8-2-1-7(12(17)18)3-9(8)5-16/h1-3H,4-6H2,(H,17,18). The van der Waals surface area contributed by atoms with Gasteiger partial charge in [0.1, 0.15) is 10.0 Å². The summed E-state index contributed by atoms with van der Waals surface area (Å²) in [5.41, 5.74) is 3.32. The number of rotatable bonds is 3. The number of carbonyl (C=O) groups is 1. The summed E-state index contributed by atoms with van der Waals surface area (Å²) in [5.74, 6) is -0.895. The van der Waals surface area contributed by atoms with E-state index in [1.807, 2.05) is 6.07 Å². The Morgan fingerprint density at radius 1 is 1.42 bits per heavy atom. The van der Waals surface area contributed by atoms with Gasteiger partial charge < -0.3 is 5.11 Å². The highest BCUT2D eigenvalue weighted by Gasteiger charge is 2.22. The minimum atomic E-state index is -0.895. The molecule has 1 aliphatic rings. The molecule has 5 nitrogen and oxygen atoms in total. The second-order valence-electron chi connectivity index (χ2n) is 4.43. The zero-order chi connectivity index (χ0) is 13.4. The second kappa shape index (κ2) is 4.88. The fraction of sp³-hybridized carbons (Fsp3) is 0.250. The average Bonchev–Trinajstić information content (AvgIpc) is 2.95. The maximum Gasteiger partial charge on any atom is 0.335 e. The van der Waals surface area contributed by atoms with Gasteiger partial charge in [-0.05, 0) is 23.3 Å². The number of hydrogen-bond donors (Lipinski definition) is 1. The third kappa shape index (κ3) is 2.47. The summed E-state index contributed by atoms with van der Waals surface area (Å²) in [5, 5.41) is 13.0. The predicted molar refractivity (Wildman–Crippen MR) is 71.3 cm³/mol. The largest absolute Gasteiger partial charge is 0.478 e. The Labute approximate surface area is 118 Å². The molecule has 0 bridgehead atoms. The Morgan fingerprint density at radius 3 is 2.89 bits per heavy atom. The fourth-order valence-electron chi connectivity index (χ4n) is 2.21. The Kier molecular flexibility index (Phi) is 3.22. The van der Waals surface area contributed by atoms with Crippen LogP contribution < -0.4 is 0 Å². The highest BCUT2D eigenvalue weighted by atomic mass is 35.5. The monoisotopic (exact) mass is 295 g/mol. The zero-order valence-corrected chi connectivity index (χ0v) is 11.4. The van der Waals surface area contributed by atoms with E-state index in [-0.39, 0.29) is 0 Å². The maximum absolute atomic E-state index is 10.9. The first-order valence-corrected chi connectivity index (χ1v) is 6.83. The predicted octanol–water partition coefficient (Wildman–Crippen LogP) is 2.41. The van der Waals surface area contributed by atoms with Crippen LogP contribution in [0, 0.1) is 0 Å². The first-order chi connectivity index (χ1) is 9.13. The van der Waals surface area contributed by atoms with Gasteiger partial charge in [0.2, 0.25) is 0 Å². The molecule has 1 aliphatic heterocycles. The summed E-state index contributed by atoms with van der Waals surface area (Å²) in [6.07, 6.45) is 0. The van der Waals surface area contributed by atoms with E-state index in [1.165, 1.54) is 11.5 Å². The molecule has 0 spiro atoms. The van der Waals surface area contributed by atoms with Crippen LogP contribution in [-0.4, -0.2) is 25.6 Å². The number of aromatic carboxylic acids is 1. The molecule has 0 amide bonds. The van der Waals surface area contributed by atoms with Crippen LogP contribution in [0.1, 0.15) is 27.2 Å². The van der Waals surface area contributed by atoms with Crippen molar-refractivity contribution in [3.05, 3.63) is 44.9 Å². The molecule has 0 saturated carbocycles. The summed E-state index contributed by atoms with van der Waals surface area (Å²) in [7, 11) is 0. The van der Waals surface area contributed by atoms with Gasteiger partial charge in [-0.3, -0.25) is 4.90 Å². The van der Waals surface area contributed by atoms with Crippen LogP contribution in [0.4, 0.5) is 0 Å². The van der Waals surface area contributed by atoms with E-state index in [4.69, 9.17) is 16.7 Å². The van der Waals surface area contributed by atoms with E-state index >= 15 is 0 Å². The van der Waals surface area contributed by atoms with Crippen molar-refractivity contribution in [1.29, 1.82) is 0 Å². The SMILES string of the molecule is O=C(O)c1ccc2c(c1)CN(Cc1nnsc1Cl)C2. The molecule has 19 heavy (non-hydrogen) atoms. The number of nitrogens with zero attached hydrogens (tertiary/aromatic N) is 3. The van der Waals surface area contributed by atoms with E-state index in [1.54, 1.807) is 12.1 Å². The first-order valence-electron chi connectivity index (χ1n) is 5.67. The minimum absolute atomic E-state index is 0.328. The Bertz CT molecular complexity index is 644. The number of fused-ring (bicyclic) bond motifs is 1. The van der Waals surface area contributed by atoms with Crippen molar-refractivity contribution in [3.63, 3.8) is 0 Å². The van der Waals surface area contributed by atoms with E-state index in [0.29, 0.717) is 23.0 Å². The topological polar surface area (TPSA) is 66.3 Å². The molecule has 0 radical (unpaired) electrons. The smallest absolute Gasteiger partial charge is 0.335 e. The van der Waals surface area contributed by atoms with Crippen LogP contribution in [0.2, 0.25) is 4.34 Å². The third-order valence-corrected chi connectivity index (χ3v) is 4.11. The fourth-order valence-corrected chi connectivity index (χ4v) is 2.82. The lowest BCUT2D eigenvalue weighted by molar-refractivity contribution is 0.0696. The van der Waals surface area contributed by atoms with E-state index < -0.39 is 5.97 Å². The lowest BCUT2D eigenvalue weighted by Crippen LogP contribution is -2.16. The van der Waals surface area contributed by atoms with E-state index in [2.05, 4.69) is 14.5 Å². The molecule has 0 fully saturated rings. The van der Waals surface area contributed by atoms with Gasteiger partial charge in [0.15, 0.2) is 0 Å². The van der Waals surface area contributed by atoms with Gasteiger partial charge in [-0.2, -0.15) is 0 Å². The van der Waals surface area contributed by atoms with Crippen LogP contribution >= 0.6 is 23.1 Å². The van der Waals surface area contributed by atoms with Gasteiger partial charge in [0.25, 0.3) is 0 Å². The van der Waals surface area contributed by atoms with Crippen LogP contribution in [0.5, 0.6) is 0 Å². The third-order valence-electron chi connectivity index (χ3n) is 3.12. The molecule has 7 heteroatoms. The summed E-state index contributed by atoms with van der Waals surface area (Å²) < 4.78 is 4.42. The molecule has 1 aromatic heterocycles. The summed E-state index contributed by atoms with van der Waals surface area (Å²) in [6, 6.07) is 5.25. The number of hydrogen-bond acceptors (Lipinski definition) is 5. The highest BCUT2D eigenvalue weighted by molar-refractivity contribution is 7.10. The van der Waals surface area contributed by atoms with E-state index in [9.17, 15) is 4.79 Å². The quantitative estimate of drug-likeness (QED) is 0.942. The number of halogens is 1. The molecule has 1 N–H and O–H groups in total. The van der Waals surface area contributed by atoms with Crippen LogP contribution in [0.3, 0.4) is 0 Å². The van der Waals surface area contributed by atoms with Crippen LogP contribution in [-0.2, 0) is 19.6 Å².